The lowest BCUT2D eigenvalue weighted by atomic mass is 9.59. The van der Waals surface area contributed by atoms with E-state index in [1.165, 1.54) is 0 Å². The second-order valence-corrected chi connectivity index (χ2v) is 8.42. The molecule has 0 rings (SSSR count). The van der Waals surface area contributed by atoms with Gasteiger partial charge >= 0.3 is 0 Å². The summed E-state index contributed by atoms with van der Waals surface area (Å²) in [4.78, 5) is 12.5. The molecule has 0 fully saturated rings. The molecular weight excluding hydrogens is 216 g/mol. The highest BCUT2D eigenvalue weighted by Gasteiger charge is 2.52. The number of hydrogen-bond acceptors (Lipinski definition) is 2. The van der Waals surface area contributed by atoms with Gasteiger partial charge in [-0.25, -0.2) is 0 Å². The predicted molar refractivity (Wildman–Crippen MR) is 75.1 cm³/mol. The highest BCUT2D eigenvalue weighted by molar-refractivity contribution is 7.82. The van der Waals surface area contributed by atoms with Crippen molar-refractivity contribution < 1.29 is 4.79 Å². The Balaban J connectivity index is 5.46. The zero-order valence-corrected chi connectivity index (χ0v) is 13.2. The SMILES string of the molecule is CC(C)(C)C(=O)C(C)(S)C(C)(C)C(C)(C)C. The van der Waals surface area contributed by atoms with Crippen LogP contribution in [0.5, 0.6) is 0 Å². The van der Waals surface area contributed by atoms with Crippen molar-refractivity contribution in [2.45, 2.75) is 67.1 Å². The van der Waals surface area contributed by atoms with E-state index in [1.807, 2.05) is 27.7 Å². The lowest BCUT2D eigenvalue weighted by molar-refractivity contribution is -0.133. The number of thiol groups is 1. The second kappa shape index (κ2) is 4.04. The van der Waals surface area contributed by atoms with Gasteiger partial charge in [-0.15, -0.1) is 0 Å². The standard InChI is InChI=1S/C14H28OS/c1-11(2,3)10(15)14(9,16)13(7,8)12(4,5)6/h16H,1-9H3. The molecule has 0 aromatic rings. The molecule has 16 heavy (non-hydrogen) atoms. The number of carbonyl (C=O) groups excluding carboxylic acids is 1. The molecule has 0 aliphatic heterocycles. The van der Waals surface area contributed by atoms with E-state index in [4.69, 9.17) is 12.6 Å². The smallest absolute Gasteiger partial charge is 0.154 e. The van der Waals surface area contributed by atoms with E-state index in [0.29, 0.717) is 0 Å². The third kappa shape index (κ3) is 2.64. The van der Waals surface area contributed by atoms with E-state index >= 15 is 0 Å². The van der Waals surface area contributed by atoms with E-state index in [9.17, 15) is 4.79 Å². The van der Waals surface area contributed by atoms with E-state index in [1.54, 1.807) is 0 Å². The molecule has 1 unspecified atom stereocenters. The largest absolute Gasteiger partial charge is 0.298 e. The van der Waals surface area contributed by atoms with Gasteiger partial charge in [0.15, 0.2) is 5.78 Å². The van der Waals surface area contributed by atoms with Gasteiger partial charge in [-0.3, -0.25) is 4.79 Å². The highest BCUT2D eigenvalue weighted by Crippen LogP contribution is 2.51. The van der Waals surface area contributed by atoms with Crippen LogP contribution in [0.1, 0.15) is 62.3 Å². The van der Waals surface area contributed by atoms with Crippen LogP contribution in [0.15, 0.2) is 0 Å². The summed E-state index contributed by atoms with van der Waals surface area (Å²) in [7, 11) is 0. The average molecular weight is 244 g/mol. The van der Waals surface area contributed by atoms with Crippen LogP contribution in [0.4, 0.5) is 0 Å². The van der Waals surface area contributed by atoms with E-state index in [-0.39, 0.29) is 22.0 Å². The molecular formula is C14H28OS. The average Bonchev–Trinajstić information content (AvgIpc) is 1.98. The number of ketones is 1. The fourth-order valence-corrected chi connectivity index (χ4v) is 2.42. The normalized spacial score (nSPS) is 18.1. The monoisotopic (exact) mass is 244 g/mol. The van der Waals surface area contributed by atoms with Crippen molar-refractivity contribution in [3.8, 4) is 0 Å². The van der Waals surface area contributed by atoms with Crippen molar-refractivity contribution in [1.29, 1.82) is 0 Å². The number of Topliss-reactive ketones (excluding diaryl/α,β-unsaturated/α-hetero) is 1. The molecule has 0 spiro atoms. The summed E-state index contributed by atoms with van der Waals surface area (Å²) in [6.07, 6.45) is 0. The summed E-state index contributed by atoms with van der Waals surface area (Å²) in [5.41, 5.74) is -0.489. The first kappa shape index (κ1) is 16.0. The third-order valence-corrected chi connectivity index (χ3v) is 4.98. The summed E-state index contributed by atoms with van der Waals surface area (Å²) in [5, 5.41) is 0. The Morgan fingerprint density at radius 3 is 1.31 bits per heavy atom. The molecule has 0 amide bonds. The van der Waals surface area contributed by atoms with Gasteiger partial charge in [-0.2, -0.15) is 12.6 Å². The first-order valence-electron chi connectivity index (χ1n) is 5.93. The molecule has 96 valence electrons. The maximum atomic E-state index is 12.5. The molecule has 0 aliphatic carbocycles. The van der Waals surface area contributed by atoms with E-state index in [2.05, 4.69) is 34.6 Å². The Kier molecular flexibility index (Phi) is 4.05. The minimum atomic E-state index is -0.622. The zero-order valence-electron chi connectivity index (χ0n) is 12.4. The summed E-state index contributed by atoms with van der Waals surface area (Å²) in [6.45, 7) is 18.6. The Labute approximate surface area is 107 Å². The van der Waals surface area contributed by atoms with Crippen LogP contribution in [-0.2, 0) is 4.79 Å². The minimum absolute atomic E-state index is 0.0322. The van der Waals surface area contributed by atoms with Gasteiger partial charge < -0.3 is 0 Å². The molecule has 2 heteroatoms. The first-order valence-corrected chi connectivity index (χ1v) is 6.37. The molecule has 0 bridgehead atoms. The molecule has 0 aromatic carbocycles. The van der Waals surface area contributed by atoms with Gasteiger partial charge in [0.25, 0.3) is 0 Å². The summed E-state index contributed by atoms with van der Waals surface area (Å²) < 4.78 is -0.622. The van der Waals surface area contributed by atoms with Crippen LogP contribution in [0, 0.1) is 16.2 Å². The van der Waals surface area contributed by atoms with Gasteiger partial charge in [0.2, 0.25) is 0 Å². The van der Waals surface area contributed by atoms with Crippen LogP contribution < -0.4 is 0 Å². The molecule has 0 radical (unpaired) electrons. The topological polar surface area (TPSA) is 17.1 Å². The minimum Gasteiger partial charge on any atom is -0.298 e. The first-order chi connectivity index (χ1) is 6.65. The summed E-state index contributed by atoms with van der Waals surface area (Å²) in [5.74, 6) is 0.211. The van der Waals surface area contributed by atoms with Gasteiger partial charge in [-0.1, -0.05) is 55.4 Å². The van der Waals surface area contributed by atoms with Crippen molar-refractivity contribution in [3.05, 3.63) is 0 Å². The Morgan fingerprint density at radius 2 is 1.12 bits per heavy atom. The third-order valence-electron chi connectivity index (χ3n) is 4.22. The lowest BCUT2D eigenvalue weighted by Crippen LogP contribution is -2.54. The van der Waals surface area contributed by atoms with Crippen LogP contribution in [0.2, 0.25) is 0 Å². The van der Waals surface area contributed by atoms with Crippen LogP contribution in [0.25, 0.3) is 0 Å². The number of hydrogen-bond donors (Lipinski definition) is 1. The molecule has 0 N–H and O–H groups in total. The molecule has 0 saturated heterocycles. The zero-order chi connectivity index (χ0) is 13.6. The Bertz CT molecular complexity index is 274. The van der Waals surface area contributed by atoms with Gasteiger partial charge in [0, 0.05) is 5.41 Å². The quantitative estimate of drug-likeness (QED) is 0.714. The van der Waals surface area contributed by atoms with Crippen molar-refractivity contribution in [2.24, 2.45) is 16.2 Å². The second-order valence-electron chi connectivity index (χ2n) is 7.53. The maximum absolute atomic E-state index is 12.5. The lowest BCUT2D eigenvalue weighted by Gasteiger charge is -2.50. The van der Waals surface area contributed by atoms with Gasteiger partial charge in [0.1, 0.15) is 0 Å². The van der Waals surface area contributed by atoms with Crippen molar-refractivity contribution >= 4 is 18.4 Å². The van der Waals surface area contributed by atoms with Crippen LogP contribution >= 0.6 is 12.6 Å². The van der Waals surface area contributed by atoms with Crippen LogP contribution in [0.3, 0.4) is 0 Å². The molecule has 1 nitrogen and oxygen atoms in total. The van der Waals surface area contributed by atoms with E-state index in [0.717, 1.165) is 0 Å². The van der Waals surface area contributed by atoms with Crippen molar-refractivity contribution in [2.75, 3.05) is 0 Å². The predicted octanol–water partition coefficient (Wildman–Crippen LogP) is 4.36. The fraction of sp³-hybridized carbons (Fsp3) is 0.929. The molecule has 0 heterocycles. The van der Waals surface area contributed by atoms with Crippen molar-refractivity contribution in [1.82, 2.24) is 0 Å². The van der Waals surface area contributed by atoms with Gasteiger partial charge in [-0.05, 0) is 17.8 Å². The molecule has 1 atom stereocenters. The number of carbonyl (C=O) groups is 1. The number of rotatable bonds is 2. The highest BCUT2D eigenvalue weighted by atomic mass is 32.1. The van der Waals surface area contributed by atoms with Gasteiger partial charge in [0.05, 0.1) is 4.75 Å². The summed E-state index contributed by atoms with van der Waals surface area (Å²) >= 11 is 4.70. The maximum Gasteiger partial charge on any atom is 0.154 e. The Morgan fingerprint density at radius 1 is 0.812 bits per heavy atom. The van der Waals surface area contributed by atoms with E-state index < -0.39 is 4.75 Å². The summed E-state index contributed by atoms with van der Waals surface area (Å²) in [6, 6.07) is 0. The van der Waals surface area contributed by atoms with Crippen LogP contribution in [-0.4, -0.2) is 10.5 Å². The molecule has 0 aromatic heterocycles. The molecule has 0 saturated carbocycles. The van der Waals surface area contributed by atoms with Crippen molar-refractivity contribution in [3.63, 3.8) is 0 Å². The molecule has 0 aliphatic rings. The fourth-order valence-electron chi connectivity index (χ4n) is 1.74. The Hall–Kier alpha value is 0.0200.